The molecule has 0 aromatic heterocycles. The normalized spacial score (nSPS) is 21.1. The van der Waals surface area contributed by atoms with E-state index in [1.54, 1.807) is 24.3 Å². The van der Waals surface area contributed by atoms with Gasteiger partial charge in [0.2, 0.25) is 11.8 Å². The number of allylic oxidation sites excluding steroid dienone is 2. The molecule has 1 fully saturated rings. The fraction of sp³-hybridized carbons (Fsp3) is 0.292. The van der Waals surface area contributed by atoms with E-state index in [1.807, 2.05) is 45.0 Å². The van der Waals surface area contributed by atoms with Crippen molar-refractivity contribution >= 4 is 29.1 Å². The quantitative estimate of drug-likeness (QED) is 0.626. The van der Waals surface area contributed by atoms with Crippen LogP contribution in [0.2, 0.25) is 0 Å². The predicted molar refractivity (Wildman–Crippen MR) is 113 cm³/mol. The summed E-state index contributed by atoms with van der Waals surface area (Å²) in [4.78, 5) is 40.5. The smallest absolute Gasteiger partial charge is 0.257 e. The largest absolute Gasteiger partial charge is 0.321 e. The maximum atomic E-state index is 13.1. The maximum Gasteiger partial charge on any atom is 0.257 e. The summed E-state index contributed by atoms with van der Waals surface area (Å²) in [7, 11) is 0. The van der Waals surface area contributed by atoms with Gasteiger partial charge in [0.05, 0.1) is 23.1 Å². The fourth-order valence-corrected chi connectivity index (χ4v) is 4.33. The first-order valence-electron chi connectivity index (χ1n) is 9.88. The van der Waals surface area contributed by atoms with Gasteiger partial charge in [0.25, 0.3) is 5.91 Å². The van der Waals surface area contributed by atoms with Crippen LogP contribution in [0.15, 0.2) is 54.1 Å². The second-order valence-electron chi connectivity index (χ2n) is 7.95. The number of nitrogens with zero attached hydrogens (tertiary/aromatic N) is 1. The third kappa shape index (κ3) is 3.27. The van der Waals surface area contributed by atoms with Crippen molar-refractivity contribution in [3.8, 4) is 0 Å². The topological polar surface area (TPSA) is 66.5 Å². The highest BCUT2D eigenvalue weighted by atomic mass is 16.2. The predicted octanol–water partition coefficient (Wildman–Crippen LogP) is 4.40. The molecule has 1 aliphatic carbocycles. The van der Waals surface area contributed by atoms with Gasteiger partial charge in [-0.05, 0) is 56.9 Å². The molecule has 5 heteroatoms. The van der Waals surface area contributed by atoms with E-state index >= 15 is 0 Å². The summed E-state index contributed by atoms with van der Waals surface area (Å²) in [6, 6.07) is 12.6. The third-order valence-electron chi connectivity index (χ3n) is 5.93. The van der Waals surface area contributed by atoms with Gasteiger partial charge in [-0.3, -0.25) is 14.4 Å². The van der Waals surface area contributed by atoms with Crippen molar-refractivity contribution in [2.45, 2.75) is 33.6 Å². The van der Waals surface area contributed by atoms with Crippen LogP contribution in [0.3, 0.4) is 0 Å². The number of fused-ring (bicyclic) bond motifs is 1. The van der Waals surface area contributed by atoms with Crippen molar-refractivity contribution in [3.63, 3.8) is 0 Å². The number of benzene rings is 2. The van der Waals surface area contributed by atoms with Crippen molar-refractivity contribution in [1.82, 2.24) is 0 Å². The first-order chi connectivity index (χ1) is 13.9. The number of imide groups is 1. The zero-order chi connectivity index (χ0) is 20.7. The minimum absolute atomic E-state index is 0.209. The molecular formula is C24H24N2O3. The van der Waals surface area contributed by atoms with E-state index in [1.165, 1.54) is 4.90 Å². The van der Waals surface area contributed by atoms with Crippen LogP contribution >= 0.6 is 0 Å². The summed E-state index contributed by atoms with van der Waals surface area (Å²) < 4.78 is 0. The van der Waals surface area contributed by atoms with Crippen molar-refractivity contribution in [2.24, 2.45) is 11.8 Å². The Morgan fingerprint density at radius 2 is 1.59 bits per heavy atom. The van der Waals surface area contributed by atoms with Crippen molar-refractivity contribution < 1.29 is 14.4 Å². The van der Waals surface area contributed by atoms with Gasteiger partial charge < -0.3 is 5.32 Å². The number of aryl methyl sites for hydroxylation is 2. The van der Waals surface area contributed by atoms with Gasteiger partial charge in [0, 0.05) is 5.69 Å². The first-order valence-corrected chi connectivity index (χ1v) is 9.88. The first kappa shape index (κ1) is 19.1. The zero-order valence-corrected chi connectivity index (χ0v) is 16.9. The number of para-hydroxylation sites is 2. The minimum atomic E-state index is -0.332. The van der Waals surface area contributed by atoms with E-state index in [-0.39, 0.29) is 29.6 Å². The summed E-state index contributed by atoms with van der Waals surface area (Å²) in [6.07, 6.45) is 3.21. The van der Waals surface area contributed by atoms with Crippen LogP contribution in [0.5, 0.6) is 0 Å². The molecule has 3 amide bonds. The second kappa shape index (κ2) is 7.32. The summed E-state index contributed by atoms with van der Waals surface area (Å²) in [5, 5.41) is 2.96. The monoisotopic (exact) mass is 388 g/mol. The van der Waals surface area contributed by atoms with Gasteiger partial charge in [-0.1, -0.05) is 42.0 Å². The number of hydrogen-bond donors (Lipinski definition) is 1. The molecule has 0 unspecified atom stereocenters. The summed E-state index contributed by atoms with van der Waals surface area (Å²) >= 11 is 0. The van der Waals surface area contributed by atoms with E-state index in [2.05, 4.69) is 5.32 Å². The van der Waals surface area contributed by atoms with Gasteiger partial charge in [-0.25, -0.2) is 4.90 Å². The Kier molecular flexibility index (Phi) is 4.82. The number of amides is 3. The number of rotatable bonds is 3. The van der Waals surface area contributed by atoms with Gasteiger partial charge in [-0.15, -0.1) is 0 Å². The molecule has 0 radical (unpaired) electrons. The lowest BCUT2D eigenvalue weighted by molar-refractivity contribution is -0.122. The molecule has 0 saturated carbocycles. The summed E-state index contributed by atoms with van der Waals surface area (Å²) in [5.74, 6) is -1.42. The highest BCUT2D eigenvalue weighted by Crippen LogP contribution is 2.40. The SMILES string of the molecule is CC1=CC[C@@H]2C(=O)N(c3ccccc3C(=O)Nc3c(C)cccc3C)C(=O)[C@@H]2C1. The highest BCUT2D eigenvalue weighted by Gasteiger charge is 2.49. The van der Waals surface area contributed by atoms with E-state index in [4.69, 9.17) is 0 Å². The van der Waals surface area contributed by atoms with Crippen LogP contribution in [0.25, 0.3) is 0 Å². The van der Waals surface area contributed by atoms with E-state index in [0.29, 0.717) is 24.1 Å². The van der Waals surface area contributed by atoms with Crippen molar-refractivity contribution in [2.75, 3.05) is 10.2 Å². The minimum Gasteiger partial charge on any atom is -0.321 e. The Hall–Kier alpha value is -3.21. The van der Waals surface area contributed by atoms with Crippen molar-refractivity contribution in [1.29, 1.82) is 0 Å². The Morgan fingerprint density at radius 3 is 2.31 bits per heavy atom. The Bertz CT molecular complexity index is 1030. The van der Waals surface area contributed by atoms with Crippen LogP contribution < -0.4 is 10.2 Å². The lowest BCUT2D eigenvalue weighted by Crippen LogP contribution is -2.33. The molecule has 4 rings (SSSR count). The third-order valence-corrected chi connectivity index (χ3v) is 5.93. The Morgan fingerprint density at radius 1 is 0.931 bits per heavy atom. The lowest BCUT2D eigenvalue weighted by Gasteiger charge is -2.19. The number of carbonyl (C=O) groups excluding carboxylic acids is 3. The van der Waals surface area contributed by atoms with E-state index in [9.17, 15) is 14.4 Å². The average Bonchev–Trinajstić information content (AvgIpc) is 2.94. The number of nitrogens with one attached hydrogen (secondary N) is 1. The molecule has 0 bridgehead atoms. The van der Waals surface area contributed by atoms with Crippen LogP contribution in [-0.4, -0.2) is 17.7 Å². The van der Waals surface area contributed by atoms with Gasteiger partial charge in [-0.2, -0.15) is 0 Å². The molecule has 1 aliphatic heterocycles. The zero-order valence-electron chi connectivity index (χ0n) is 16.9. The maximum absolute atomic E-state index is 13.1. The molecule has 148 valence electrons. The standard InChI is InChI=1S/C24H24N2O3/c1-14-11-12-17-19(13-14)24(29)26(23(17)28)20-10-5-4-9-18(20)22(27)25-21-15(2)7-6-8-16(21)3/h4-11,17,19H,12-13H2,1-3H3,(H,25,27)/t17-,19+/m0/s1. The number of hydrogen-bond acceptors (Lipinski definition) is 3. The summed E-state index contributed by atoms with van der Waals surface area (Å²) in [5.41, 5.74) is 4.47. The molecule has 0 spiro atoms. The number of anilines is 2. The van der Waals surface area contributed by atoms with Gasteiger partial charge >= 0.3 is 0 Å². The van der Waals surface area contributed by atoms with Gasteiger partial charge in [0.15, 0.2) is 0 Å². The second-order valence-corrected chi connectivity index (χ2v) is 7.95. The molecule has 2 aromatic carbocycles. The molecule has 2 aromatic rings. The van der Waals surface area contributed by atoms with E-state index in [0.717, 1.165) is 22.4 Å². The van der Waals surface area contributed by atoms with Crippen LogP contribution in [0, 0.1) is 25.7 Å². The molecule has 2 aliphatic rings. The molecule has 2 atom stereocenters. The molecular weight excluding hydrogens is 364 g/mol. The van der Waals surface area contributed by atoms with Gasteiger partial charge in [0.1, 0.15) is 0 Å². The van der Waals surface area contributed by atoms with E-state index < -0.39 is 0 Å². The molecule has 5 nitrogen and oxygen atoms in total. The molecule has 1 N–H and O–H groups in total. The van der Waals surface area contributed by atoms with Crippen LogP contribution in [-0.2, 0) is 9.59 Å². The highest BCUT2D eigenvalue weighted by molar-refractivity contribution is 6.25. The van der Waals surface area contributed by atoms with Crippen LogP contribution in [0.1, 0.15) is 41.3 Å². The average molecular weight is 388 g/mol. The number of carbonyl (C=O) groups is 3. The Labute approximate surface area is 170 Å². The van der Waals surface area contributed by atoms with Crippen molar-refractivity contribution in [3.05, 3.63) is 70.8 Å². The molecule has 1 heterocycles. The fourth-order valence-electron chi connectivity index (χ4n) is 4.33. The lowest BCUT2D eigenvalue weighted by atomic mass is 9.82. The Balaban J connectivity index is 1.68. The van der Waals surface area contributed by atoms with Crippen LogP contribution in [0.4, 0.5) is 11.4 Å². The summed E-state index contributed by atoms with van der Waals surface area (Å²) in [6.45, 7) is 5.85. The molecule has 29 heavy (non-hydrogen) atoms. The molecule has 1 saturated heterocycles.